The third-order valence-corrected chi connectivity index (χ3v) is 3.71. The minimum atomic E-state index is -0.521. The van der Waals surface area contributed by atoms with Crippen LogP contribution in [0, 0.1) is 24.0 Å². The number of aryl methyl sites for hydroxylation is 2. The van der Waals surface area contributed by atoms with Crippen LogP contribution in [-0.2, 0) is 7.05 Å². The minimum absolute atomic E-state index is 0.121. The van der Waals surface area contributed by atoms with Gasteiger partial charge in [-0.15, -0.1) is 0 Å². The first-order valence-corrected chi connectivity index (χ1v) is 6.98. The molecule has 1 heterocycles. The van der Waals surface area contributed by atoms with E-state index in [4.69, 9.17) is 0 Å². The van der Waals surface area contributed by atoms with Crippen LogP contribution in [0.1, 0.15) is 21.6 Å². The normalized spacial score (nSPS) is 10.5. The Morgan fingerprint density at radius 2 is 1.86 bits per heavy atom. The van der Waals surface area contributed by atoms with Gasteiger partial charge in [-0.1, -0.05) is 15.9 Å². The third kappa shape index (κ3) is 2.97. The minimum Gasteiger partial charge on any atom is -0.358 e. The van der Waals surface area contributed by atoms with Crippen molar-refractivity contribution in [3.63, 3.8) is 0 Å². The molecule has 1 amide bonds. The van der Waals surface area contributed by atoms with Crippen molar-refractivity contribution in [1.29, 1.82) is 0 Å². The summed E-state index contributed by atoms with van der Waals surface area (Å²) >= 11 is 3.40. The van der Waals surface area contributed by atoms with E-state index in [0.29, 0.717) is 5.69 Å². The Morgan fingerprint density at radius 1 is 1.29 bits per heavy atom. The number of nitrogens with zero attached hydrogens (tertiary/aromatic N) is 2. The van der Waals surface area contributed by atoms with Gasteiger partial charge in [-0.3, -0.25) is 4.79 Å². The second-order valence-electron chi connectivity index (χ2n) is 4.76. The standard InChI is InChI=1S/C14H14BrN3O3/c1-8-6-10(15)7-9(2)13(8)16-14(19)11-4-5-12(17(11)3)18(20)21/h4-7H,1-3H3,(H,16,19). The summed E-state index contributed by atoms with van der Waals surface area (Å²) in [5.74, 6) is -0.497. The molecule has 0 saturated heterocycles. The summed E-state index contributed by atoms with van der Waals surface area (Å²) < 4.78 is 2.20. The Kier molecular flexibility index (Phi) is 4.13. The average molecular weight is 352 g/mol. The topological polar surface area (TPSA) is 77.2 Å². The molecule has 0 saturated carbocycles. The van der Waals surface area contributed by atoms with Gasteiger partial charge in [-0.25, -0.2) is 4.57 Å². The highest BCUT2D eigenvalue weighted by Gasteiger charge is 2.21. The Morgan fingerprint density at radius 3 is 2.33 bits per heavy atom. The fourth-order valence-electron chi connectivity index (χ4n) is 2.20. The largest absolute Gasteiger partial charge is 0.358 e. The number of hydrogen-bond donors (Lipinski definition) is 1. The van der Waals surface area contributed by atoms with Crippen LogP contribution in [0.2, 0.25) is 0 Å². The van der Waals surface area contributed by atoms with Gasteiger partial charge in [-0.05, 0) is 48.1 Å². The number of amides is 1. The van der Waals surface area contributed by atoms with Crippen molar-refractivity contribution < 1.29 is 9.72 Å². The summed E-state index contributed by atoms with van der Waals surface area (Å²) in [4.78, 5) is 22.6. The number of rotatable bonds is 3. The number of carbonyl (C=O) groups is 1. The number of anilines is 1. The van der Waals surface area contributed by atoms with Crippen molar-refractivity contribution in [2.45, 2.75) is 13.8 Å². The van der Waals surface area contributed by atoms with Gasteiger partial charge < -0.3 is 15.4 Å². The zero-order valence-electron chi connectivity index (χ0n) is 11.8. The van der Waals surface area contributed by atoms with Gasteiger partial charge in [0, 0.05) is 16.2 Å². The van der Waals surface area contributed by atoms with Crippen molar-refractivity contribution >= 4 is 33.3 Å². The summed E-state index contributed by atoms with van der Waals surface area (Å²) in [6, 6.07) is 6.55. The van der Waals surface area contributed by atoms with Crippen LogP contribution in [0.3, 0.4) is 0 Å². The lowest BCUT2D eigenvalue weighted by molar-refractivity contribution is -0.391. The van der Waals surface area contributed by atoms with Gasteiger partial charge in [-0.2, -0.15) is 0 Å². The number of nitro groups is 1. The molecule has 7 heteroatoms. The first kappa shape index (κ1) is 15.2. The smallest absolute Gasteiger partial charge is 0.323 e. The molecule has 2 aromatic rings. The summed E-state index contributed by atoms with van der Waals surface area (Å²) in [5.41, 5.74) is 2.79. The lowest BCUT2D eigenvalue weighted by Crippen LogP contribution is -2.17. The Labute approximate surface area is 130 Å². The summed E-state index contributed by atoms with van der Waals surface area (Å²) in [7, 11) is 1.49. The van der Waals surface area contributed by atoms with E-state index in [9.17, 15) is 14.9 Å². The van der Waals surface area contributed by atoms with Crippen molar-refractivity contribution in [1.82, 2.24) is 4.57 Å². The quantitative estimate of drug-likeness (QED) is 0.678. The monoisotopic (exact) mass is 351 g/mol. The highest BCUT2D eigenvalue weighted by atomic mass is 79.9. The molecule has 0 aliphatic heterocycles. The molecule has 0 aliphatic rings. The fraction of sp³-hybridized carbons (Fsp3) is 0.214. The van der Waals surface area contributed by atoms with Crippen molar-refractivity contribution in [3.8, 4) is 0 Å². The van der Waals surface area contributed by atoms with Crippen LogP contribution >= 0.6 is 15.9 Å². The average Bonchev–Trinajstić information content (AvgIpc) is 2.75. The van der Waals surface area contributed by atoms with E-state index in [1.54, 1.807) is 0 Å². The number of hydrogen-bond acceptors (Lipinski definition) is 3. The predicted octanol–water partition coefficient (Wildman–Crippen LogP) is 3.56. The van der Waals surface area contributed by atoms with E-state index in [2.05, 4.69) is 21.2 Å². The molecule has 0 spiro atoms. The molecule has 0 fully saturated rings. The van der Waals surface area contributed by atoms with Gasteiger partial charge in [0.2, 0.25) is 0 Å². The van der Waals surface area contributed by atoms with Gasteiger partial charge in [0.1, 0.15) is 0 Å². The van der Waals surface area contributed by atoms with E-state index in [-0.39, 0.29) is 17.4 Å². The highest BCUT2D eigenvalue weighted by molar-refractivity contribution is 9.10. The molecule has 0 radical (unpaired) electrons. The first-order chi connectivity index (χ1) is 9.81. The van der Waals surface area contributed by atoms with Gasteiger partial charge in [0.25, 0.3) is 5.91 Å². The summed E-state index contributed by atoms with van der Waals surface area (Å²) in [6.07, 6.45) is 0. The van der Waals surface area contributed by atoms with Crippen LogP contribution < -0.4 is 5.32 Å². The maximum absolute atomic E-state index is 12.3. The van der Waals surface area contributed by atoms with E-state index >= 15 is 0 Å². The van der Waals surface area contributed by atoms with Crippen LogP contribution in [0.25, 0.3) is 0 Å². The van der Waals surface area contributed by atoms with E-state index in [0.717, 1.165) is 15.6 Å². The Bertz CT molecular complexity index is 714. The van der Waals surface area contributed by atoms with E-state index in [1.807, 2.05) is 26.0 Å². The molecule has 0 aliphatic carbocycles. The second kappa shape index (κ2) is 5.69. The number of benzene rings is 1. The molecule has 1 aromatic heterocycles. The molecule has 1 N–H and O–H groups in total. The van der Waals surface area contributed by atoms with Crippen LogP contribution in [0.15, 0.2) is 28.7 Å². The number of halogens is 1. The molecule has 6 nitrogen and oxygen atoms in total. The van der Waals surface area contributed by atoms with E-state index < -0.39 is 4.92 Å². The zero-order valence-corrected chi connectivity index (χ0v) is 13.4. The van der Waals surface area contributed by atoms with Crippen molar-refractivity contribution in [3.05, 3.63) is 55.7 Å². The van der Waals surface area contributed by atoms with Crippen molar-refractivity contribution in [2.75, 3.05) is 5.32 Å². The number of aromatic nitrogens is 1. The SMILES string of the molecule is Cc1cc(Br)cc(C)c1NC(=O)c1ccc([N+](=O)[O-])n1C. The molecule has 0 unspecified atom stereocenters. The lowest BCUT2D eigenvalue weighted by Gasteiger charge is -2.11. The Hall–Kier alpha value is -2.15. The Balaban J connectivity index is 2.33. The zero-order chi connectivity index (χ0) is 15.7. The molecule has 1 aromatic carbocycles. The predicted molar refractivity (Wildman–Crippen MR) is 83.6 cm³/mol. The summed E-state index contributed by atoms with van der Waals surface area (Å²) in [6.45, 7) is 3.78. The van der Waals surface area contributed by atoms with Crippen molar-refractivity contribution in [2.24, 2.45) is 7.05 Å². The fourth-order valence-corrected chi connectivity index (χ4v) is 2.88. The van der Waals surface area contributed by atoms with Gasteiger partial charge >= 0.3 is 5.82 Å². The van der Waals surface area contributed by atoms with Crippen LogP contribution in [0.5, 0.6) is 0 Å². The third-order valence-electron chi connectivity index (χ3n) is 3.25. The van der Waals surface area contributed by atoms with Crippen LogP contribution in [-0.4, -0.2) is 15.4 Å². The maximum atomic E-state index is 12.3. The molecule has 2 rings (SSSR count). The molecular weight excluding hydrogens is 338 g/mol. The highest BCUT2D eigenvalue weighted by Crippen LogP contribution is 2.26. The van der Waals surface area contributed by atoms with E-state index in [1.165, 1.54) is 23.7 Å². The van der Waals surface area contributed by atoms with Gasteiger partial charge in [0.05, 0.1) is 7.05 Å². The molecular formula is C14H14BrN3O3. The maximum Gasteiger partial charge on any atom is 0.323 e. The van der Waals surface area contributed by atoms with Gasteiger partial charge in [0.15, 0.2) is 5.69 Å². The lowest BCUT2D eigenvalue weighted by atomic mass is 10.1. The molecule has 0 atom stereocenters. The molecule has 110 valence electrons. The summed E-state index contributed by atoms with van der Waals surface area (Å²) in [5, 5.41) is 13.6. The second-order valence-corrected chi connectivity index (χ2v) is 5.68. The first-order valence-electron chi connectivity index (χ1n) is 6.19. The number of nitrogens with one attached hydrogen (secondary N) is 1. The molecule has 21 heavy (non-hydrogen) atoms. The molecule has 0 bridgehead atoms. The van der Waals surface area contributed by atoms with Crippen LogP contribution in [0.4, 0.5) is 11.5 Å². The number of carbonyl (C=O) groups excluding carboxylic acids is 1.